The van der Waals surface area contributed by atoms with Crippen LogP contribution in [0.5, 0.6) is 0 Å². The second-order valence-electron chi connectivity index (χ2n) is 5.38. The molecule has 98 valence electrons. The third kappa shape index (κ3) is 3.13. The number of hydrogen-bond acceptors (Lipinski definition) is 3. The van der Waals surface area contributed by atoms with Crippen LogP contribution in [0, 0.1) is 23.2 Å². The van der Waals surface area contributed by atoms with E-state index < -0.39 is 0 Å². The van der Waals surface area contributed by atoms with Crippen molar-refractivity contribution in [1.29, 1.82) is 5.26 Å². The van der Waals surface area contributed by atoms with Gasteiger partial charge >= 0.3 is 0 Å². The van der Waals surface area contributed by atoms with Crippen molar-refractivity contribution in [2.24, 2.45) is 11.8 Å². The lowest BCUT2D eigenvalue weighted by molar-refractivity contribution is 0.119. The second-order valence-corrected chi connectivity index (χ2v) is 6.42. The Labute approximate surface area is 114 Å². The molecule has 1 aliphatic rings. The molecule has 0 aliphatic heterocycles. The van der Waals surface area contributed by atoms with Crippen molar-refractivity contribution in [2.45, 2.75) is 45.2 Å². The lowest BCUT2D eigenvalue weighted by Gasteiger charge is -2.38. The topological polar surface area (TPSA) is 27.0 Å². The Hall–Kier alpha value is -0.850. The minimum absolute atomic E-state index is 0.220. The average Bonchev–Trinajstić information content (AvgIpc) is 2.90. The maximum Gasteiger partial charge on any atom is 0.0672 e. The van der Waals surface area contributed by atoms with E-state index in [1.54, 1.807) is 11.3 Å². The number of nitriles is 1. The molecule has 3 unspecified atom stereocenters. The highest BCUT2D eigenvalue weighted by molar-refractivity contribution is 7.09. The Morgan fingerprint density at radius 1 is 1.50 bits per heavy atom. The minimum atomic E-state index is 0.220. The quantitative estimate of drug-likeness (QED) is 0.823. The highest BCUT2D eigenvalue weighted by Crippen LogP contribution is 2.34. The van der Waals surface area contributed by atoms with Gasteiger partial charge in [0.05, 0.1) is 12.0 Å². The summed E-state index contributed by atoms with van der Waals surface area (Å²) in [6, 6.07) is 7.25. The number of nitrogens with zero attached hydrogens (tertiary/aromatic N) is 2. The van der Waals surface area contributed by atoms with Gasteiger partial charge < -0.3 is 0 Å². The normalized spacial score (nSPS) is 28.2. The summed E-state index contributed by atoms with van der Waals surface area (Å²) in [5.41, 5.74) is 0. The second kappa shape index (κ2) is 6.36. The monoisotopic (exact) mass is 262 g/mol. The van der Waals surface area contributed by atoms with Crippen LogP contribution < -0.4 is 0 Å². The van der Waals surface area contributed by atoms with Crippen molar-refractivity contribution in [2.75, 3.05) is 7.05 Å². The first-order chi connectivity index (χ1) is 8.74. The summed E-state index contributed by atoms with van der Waals surface area (Å²) in [6.07, 6.45) is 4.75. The predicted molar refractivity (Wildman–Crippen MR) is 76.3 cm³/mol. The zero-order valence-electron chi connectivity index (χ0n) is 11.3. The molecule has 1 heterocycles. The SMILES string of the molecule is CCC1CCC(C#N)C(N(C)Cc2cccs2)C1. The summed E-state index contributed by atoms with van der Waals surface area (Å²) in [4.78, 5) is 3.79. The third-order valence-corrected chi connectivity index (χ3v) is 5.08. The van der Waals surface area contributed by atoms with Gasteiger partial charge in [0.1, 0.15) is 0 Å². The highest BCUT2D eigenvalue weighted by atomic mass is 32.1. The van der Waals surface area contributed by atoms with Crippen molar-refractivity contribution < 1.29 is 0 Å². The molecule has 1 saturated carbocycles. The first-order valence-corrected chi connectivity index (χ1v) is 7.74. The van der Waals surface area contributed by atoms with Crippen LogP contribution in [-0.4, -0.2) is 18.0 Å². The molecular formula is C15H22N2S. The molecule has 3 heteroatoms. The maximum absolute atomic E-state index is 9.32. The van der Waals surface area contributed by atoms with Crippen molar-refractivity contribution in [3.63, 3.8) is 0 Å². The smallest absolute Gasteiger partial charge is 0.0672 e. The Bertz CT molecular complexity index is 393. The van der Waals surface area contributed by atoms with Gasteiger partial charge in [0.2, 0.25) is 0 Å². The van der Waals surface area contributed by atoms with Gasteiger partial charge in [0, 0.05) is 17.5 Å². The van der Waals surface area contributed by atoms with E-state index in [0.717, 1.165) is 18.9 Å². The molecule has 1 aromatic rings. The van der Waals surface area contributed by atoms with E-state index in [9.17, 15) is 5.26 Å². The molecular weight excluding hydrogens is 240 g/mol. The van der Waals surface area contributed by atoms with Crippen molar-refractivity contribution in [3.8, 4) is 6.07 Å². The van der Waals surface area contributed by atoms with Gasteiger partial charge in [0.15, 0.2) is 0 Å². The minimum Gasteiger partial charge on any atom is -0.297 e. The van der Waals surface area contributed by atoms with Crippen LogP contribution in [0.15, 0.2) is 17.5 Å². The fourth-order valence-corrected chi connectivity index (χ4v) is 3.77. The van der Waals surface area contributed by atoms with Gasteiger partial charge in [-0.2, -0.15) is 5.26 Å². The zero-order chi connectivity index (χ0) is 13.0. The summed E-state index contributed by atoms with van der Waals surface area (Å²) in [6.45, 7) is 3.25. The molecule has 1 fully saturated rings. The van der Waals surface area contributed by atoms with E-state index in [2.05, 4.69) is 42.5 Å². The Balaban J connectivity index is 2.01. The van der Waals surface area contributed by atoms with Gasteiger partial charge in [-0.1, -0.05) is 19.4 Å². The summed E-state index contributed by atoms with van der Waals surface area (Å²) in [5, 5.41) is 11.4. The Kier molecular flexibility index (Phi) is 4.79. The molecule has 1 aromatic heterocycles. The van der Waals surface area contributed by atoms with Crippen LogP contribution in [0.4, 0.5) is 0 Å². The largest absolute Gasteiger partial charge is 0.297 e. The predicted octanol–water partition coefficient (Wildman–Crippen LogP) is 3.90. The van der Waals surface area contributed by atoms with E-state index in [0.29, 0.717) is 6.04 Å². The molecule has 2 nitrogen and oxygen atoms in total. The first kappa shape index (κ1) is 13.6. The molecule has 2 rings (SSSR count). The summed E-state index contributed by atoms with van der Waals surface area (Å²) in [5.74, 6) is 1.03. The molecule has 18 heavy (non-hydrogen) atoms. The van der Waals surface area contributed by atoms with E-state index in [4.69, 9.17) is 0 Å². The van der Waals surface area contributed by atoms with Gasteiger partial charge in [-0.05, 0) is 43.7 Å². The van der Waals surface area contributed by atoms with Gasteiger partial charge in [-0.15, -0.1) is 11.3 Å². The van der Waals surface area contributed by atoms with Crippen molar-refractivity contribution in [3.05, 3.63) is 22.4 Å². The first-order valence-electron chi connectivity index (χ1n) is 6.86. The standard InChI is InChI=1S/C15H22N2S/c1-3-12-6-7-13(10-16)15(9-12)17(2)11-14-5-4-8-18-14/h4-5,8,12-13,15H,3,6-7,9,11H2,1-2H3. The number of thiophene rings is 1. The molecule has 0 bridgehead atoms. The van der Waals surface area contributed by atoms with Crippen LogP contribution in [0.2, 0.25) is 0 Å². The Morgan fingerprint density at radius 3 is 2.94 bits per heavy atom. The Morgan fingerprint density at radius 2 is 2.33 bits per heavy atom. The van der Waals surface area contributed by atoms with Gasteiger partial charge in [-0.25, -0.2) is 0 Å². The molecule has 0 N–H and O–H groups in total. The van der Waals surface area contributed by atoms with Crippen LogP contribution >= 0.6 is 11.3 Å². The molecule has 0 saturated heterocycles. The molecule has 0 spiro atoms. The van der Waals surface area contributed by atoms with E-state index >= 15 is 0 Å². The highest BCUT2D eigenvalue weighted by Gasteiger charge is 2.32. The fourth-order valence-electron chi connectivity index (χ4n) is 3.01. The van der Waals surface area contributed by atoms with Crippen LogP contribution in [0.25, 0.3) is 0 Å². The van der Waals surface area contributed by atoms with Crippen LogP contribution in [0.1, 0.15) is 37.5 Å². The zero-order valence-corrected chi connectivity index (χ0v) is 12.1. The van der Waals surface area contributed by atoms with E-state index in [-0.39, 0.29) is 5.92 Å². The van der Waals surface area contributed by atoms with Crippen molar-refractivity contribution >= 4 is 11.3 Å². The summed E-state index contributed by atoms with van der Waals surface area (Å²) >= 11 is 1.81. The van der Waals surface area contributed by atoms with Crippen LogP contribution in [-0.2, 0) is 6.54 Å². The molecule has 0 amide bonds. The van der Waals surface area contributed by atoms with E-state index in [1.807, 2.05) is 0 Å². The number of hydrogen-bond donors (Lipinski definition) is 0. The lowest BCUT2D eigenvalue weighted by atomic mass is 9.77. The summed E-state index contributed by atoms with van der Waals surface area (Å²) < 4.78 is 0. The maximum atomic E-state index is 9.32. The number of rotatable bonds is 4. The molecule has 0 radical (unpaired) electrons. The van der Waals surface area contributed by atoms with Crippen molar-refractivity contribution in [1.82, 2.24) is 4.90 Å². The summed E-state index contributed by atoms with van der Waals surface area (Å²) in [7, 11) is 2.17. The van der Waals surface area contributed by atoms with Crippen LogP contribution in [0.3, 0.4) is 0 Å². The fraction of sp³-hybridized carbons (Fsp3) is 0.667. The molecule has 3 atom stereocenters. The average molecular weight is 262 g/mol. The third-order valence-electron chi connectivity index (χ3n) is 4.22. The lowest BCUT2D eigenvalue weighted by Crippen LogP contribution is -2.41. The van der Waals surface area contributed by atoms with Gasteiger partial charge in [0.25, 0.3) is 0 Å². The molecule has 1 aliphatic carbocycles. The molecule has 0 aromatic carbocycles. The van der Waals surface area contributed by atoms with E-state index in [1.165, 1.54) is 24.1 Å². The van der Waals surface area contributed by atoms with Gasteiger partial charge in [-0.3, -0.25) is 4.90 Å².